The van der Waals surface area contributed by atoms with Crippen LogP contribution in [-0.2, 0) is 21.4 Å². The first-order valence-electron chi connectivity index (χ1n) is 7.10. The number of benzene rings is 1. The lowest BCUT2D eigenvalue weighted by Gasteiger charge is -2.31. The van der Waals surface area contributed by atoms with Gasteiger partial charge in [-0.05, 0) is 37.0 Å². The average molecular weight is 313 g/mol. The Morgan fingerprint density at radius 3 is 2.90 bits per heavy atom. The van der Waals surface area contributed by atoms with Gasteiger partial charge in [-0.25, -0.2) is 0 Å². The van der Waals surface area contributed by atoms with Crippen LogP contribution in [-0.4, -0.2) is 35.2 Å². The first-order chi connectivity index (χ1) is 9.95. The Balaban J connectivity index is 2.25. The molecule has 1 aromatic rings. The minimum Gasteiger partial charge on any atom is -0.383 e. The summed E-state index contributed by atoms with van der Waals surface area (Å²) in [5.41, 5.74) is 8.70. The third-order valence-corrected chi connectivity index (χ3v) is 5.11. The minimum atomic E-state index is -3.53. The Bertz CT molecular complexity index is 587. The number of methoxy groups -OCH3 is 1. The summed E-state index contributed by atoms with van der Waals surface area (Å²) in [7, 11) is -1.99. The highest BCUT2D eigenvalue weighted by atomic mass is 32.2. The van der Waals surface area contributed by atoms with E-state index in [2.05, 4.69) is 4.72 Å². The zero-order valence-electron chi connectivity index (χ0n) is 12.5. The number of aryl methyl sites for hydroxylation is 1. The predicted molar refractivity (Wildman–Crippen MR) is 83.5 cm³/mol. The van der Waals surface area contributed by atoms with Gasteiger partial charge in [0.2, 0.25) is 0 Å². The lowest BCUT2D eigenvalue weighted by Crippen LogP contribution is -2.44. The molecule has 7 heteroatoms. The Hall–Kier alpha value is -1.15. The zero-order chi connectivity index (χ0) is 15.5. The summed E-state index contributed by atoms with van der Waals surface area (Å²) in [6.07, 6.45) is 1.68. The van der Waals surface area contributed by atoms with Gasteiger partial charge < -0.3 is 10.5 Å². The molecule has 0 radical (unpaired) electrons. The molecule has 1 aromatic carbocycles. The lowest BCUT2D eigenvalue weighted by molar-refractivity contribution is 0.204. The van der Waals surface area contributed by atoms with Gasteiger partial charge in [0.25, 0.3) is 0 Å². The highest BCUT2D eigenvalue weighted by Gasteiger charge is 2.27. The molecule has 6 nitrogen and oxygen atoms in total. The molecule has 0 saturated carbocycles. The van der Waals surface area contributed by atoms with E-state index in [9.17, 15) is 8.42 Å². The van der Waals surface area contributed by atoms with E-state index >= 15 is 0 Å². The van der Waals surface area contributed by atoms with E-state index in [1.807, 2.05) is 25.1 Å². The van der Waals surface area contributed by atoms with Crippen molar-refractivity contribution in [2.75, 3.05) is 31.1 Å². The second kappa shape index (κ2) is 6.74. The molecule has 0 fully saturated rings. The van der Waals surface area contributed by atoms with Crippen LogP contribution in [0.15, 0.2) is 18.2 Å². The van der Waals surface area contributed by atoms with E-state index in [0.29, 0.717) is 13.2 Å². The second-order valence-corrected chi connectivity index (χ2v) is 6.92. The number of hydrogen-bond acceptors (Lipinski definition) is 4. The number of nitrogens with zero attached hydrogens (tertiary/aromatic N) is 1. The largest absolute Gasteiger partial charge is 0.383 e. The summed E-state index contributed by atoms with van der Waals surface area (Å²) in [6.45, 7) is 3.03. The first-order valence-corrected chi connectivity index (χ1v) is 8.54. The third kappa shape index (κ3) is 3.74. The normalized spacial score (nSPS) is 16.6. The van der Waals surface area contributed by atoms with E-state index in [4.69, 9.17) is 10.5 Å². The predicted octanol–water partition coefficient (Wildman–Crippen LogP) is 0.940. The van der Waals surface area contributed by atoms with E-state index in [1.165, 1.54) is 4.31 Å². The van der Waals surface area contributed by atoms with Crippen LogP contribution in [0.1, 0.15) is 30.5 Å². The van der Waals surface area contributed by atoms with Gasteiger partial charge in [-0.3, -0.25) is 4.31 Å². The fourth-order valence-electron chi connectivity index (χ4n) is 2.47. The molecule has 1 unspecified atom stereocenters. The molecule has 1 aliphatic heterocycles. The fraction of sp³-hybridized carbons (Fsp3) is 0.571. The van der Waals surface area contributed by atoms with Crippen molar-refractivity contribution in [1.29, 1.82) is 0 Å². The van der Waals surface area contributed by atoms with Crippen LogP contribution in [0.25, 0.3) is 0 Å². The Morgan fingerprint density at radius 1 is 1.48 bits per heavy atom. The van der Waals surface area contributed by atoms with Gasteiger partial charge in [-0.1, -0.05) is 12.1 Å². The maximum atomic E-state index is 12.4. The summed E-state index contributed by atoms with van der Waals surface area (Å²) in [5, 5.41) is 0. The van der Waals surface area contributed by atoms with Crippen molar-refractivity contribution in [3.05, 3.63) is 29.3 Å². The van der Waals surface area contributed by atoms with Gasteiger partial charge in [0.05, 0.1) is 12.3 Å². The molecule has 118 valence electrons. The van der Waals surface area contributed by atoms with E-state index < -0.39 is 10.2 Å². The second-order valence-electron chi connectivity index (χ2n) is 5.24. The van der Waals surface area contributed by atoms with Crippen molar-refractivity contribution in [2.24, 2.45) is 5.73 Å². The third-order valence-electron chi connectivity index (χ3n) is 3.59. The van der Waals surface area contributed by atoms with Crippen LogP contribution in [0.2, 0.25) is 0 Å². The molecular weight excluding hydrogens is 290 g/mol. The van der Waals surface area contributed by atoms with Crippen molar-refractivity contribution in [1.82, 2.24) is 4.72 Å². The van der Waals surface area contributed by atoms with Crippen molar-refractivity contribution in [2.45, 2.75) is 25.8 Å². The van der Waals surface area contributed by atoms with Crippen molar-refractivity contribution >= 4 is 15.9 Å². The molecule has 3 N–H and O–H groups in total. The van der Waals surface area contributed by atoms with Gasteiger partial charge in [0, 0.05) is 26.2 Å². The molecule has 0 aromatic heterocycles. The monoisotopic (exact) mass is 313 g/mol. The molecule has 0 spiro atoms. The molecule has 1 aliphatic rings. The Morgan fingerprint density at radius 2 is 2.24 bits per heavy atom. The van der Waals surface area contributed by atoms with Crippen molar-refractivity contribution < 1.29 is 13.2 Å². The fourth-order valence-corrected chi connectivity index (χ4v) is 3.77. The Labute approximate surface area is 126 Å². The number of anilines is 1. The van der Waals surface area contributed by atoms with Crippen LogP contribution in [0.5, 0.6) is 0 Å². The number of hydrogen-bond donors (Lipinski definition) is 2. The quantitative estimate of drug-likeness (QED) is 0.766. The molecule has 21 heavy (non-hydrogen) atoms. The SMILES string of the molecule is COCCNS(=O)(=O)N1CCCc2cc(C(C)N)ccc21. The van der Waals surface area contributed by atoms with Crippen LogP contribution in [0.3, 0.4) is 0 Å². The summed E-state index contributed by atoms with van der Waals surface area (Å²) in [6, 6.07) is 5.70. The summed E-state index contributed by atoms with van der Waals surface area (Å²) >= 11 is 0. The molecule has 1 heterocycles. The maximum absolute atomic E-state index is 12.4. The lowest BCUT2D eigenvalue weighted by atomic mass is 9.98. The minimum absolute atomic E-state index is 0.0536. The summed E-state index contributed by atoms with van der Waals surface area (Å²) in [4.78, 5) is 0. The Kier molecular flexibility index (Phi) is 5.21. The number of fused-ring (bicyclic) bond motifs is 1. The molecule has 0 amide bonds. The summed E-state index contributed by atoms with van der Waals surface area (Å²) < 4.78 is 33.6. The highest BCUT2D eigenvalue weighted by Crippen LogP contribution is 2.30. The molecule has 0 bridgehead atoms. The van der Waals surface area contributed by atoms with Gasteiger partial charge in [-0.2, -0.15) is 13.1 Å². The number of ether oxygens (including phenoxy) is 1. The van der Waals surface area contributed by atoms with Crippen LogP contribution >= 0.6 is 0 Å². The standard InChI is InChI=1S/C14H23N3O3S/c1-11(15)12-5-6-14-13(10-12)4-3-8-17(14)21(18,19)16-7-9-20-2/h5-6,10-11,16H,3-4,7-9,15H2,1-2H3. The first kappa shape index (κ1) is 16.2. The maximum Gasteiger partial charge on any atom is 0.301 e. The van der Waals surface area contributed by atoms with Gasteiger partial charge in [0.1, 0.15) is 0 Å². The van der Waals surface area contributed by atoms with E-state index in [0.717, 1.165) is 29.7 Å². The number of nitrogens with two attached hydrogens (primary N) is 1. The zero-order valence-corrected chi connectivity index (χ0v) is 13.3. The van der Waals surface area contributed by atoms with E-state index in [1.54, 1.807) is 7.11 Å². The number of rotatable bonds is 6. The van der Waals surface area contributed by atoms with Crippen LogP contribution in [0, 0.1) is 0 Å². The molecule has 1 atom stereocenters. The van der Waals surface area contributed by atoms with Crippen LogP contribution < -0.4 is 14.8 Å². The smallest absolute Gasteiger partial charge is 0.301 e. The van der Waals surface area contributed by atoms with Gasteiger partial charge in [0.15, 0.2) is 0 Å². The van der Waals surface area contributed by atoms with Crippen LogP contribution in [0.4, 0.5) is 5.69 Å². The molecule has 0 saturated heterocycles. The molecule has 0 aliphatic carbocycles. The van der Waals surface area contributed by atoms with E-state index in [-0.39, 0.29) is 12.6 Å². The van der Waals surface area contributed by atoms with Gasteiger partial charge >= 0.3 is 10.2 Å². The summed E-state index contributed by atoms with van der Waals surface area (Å²) in [5.74, 6) is 0. The number of nitrogens with one attached hydrogen (secondary N) is 1. The van der Waals surface area contributed by atoms with Crippen molar-refractivity contribution in [3.63, 3.8) is 0 Å². The molecule has 2 rings (SSSR count). The van der Waals surface area contributed by atoms with Gasteiger partial charge in [-0.15, -0.1) is 0 Å². The average Bonchev–Trinajstić information content (AvgIpc) is 2.46. The van der Waals surface area contributed by atoms with Crippen molar-refractivity contribution in [3.8, 4) is 0 Å². The topological polar surface area (TPSA) is 84.7 Å². The molecular formula is C14H23N3O3S. The highest BCUT2D eigenvalue weighted by molar-refractivity contribution is 7.90.